The second-order valence-electron chi connectivity index (χ2n) is 9.17. The molecule has 0 spiro atoms. The quantitative estimate of drug-likeness (QED) is 0.318. The molecule has 0 radical (unpaired) electrons. The molecule has 0 saturated heterocycles. The van der Waals surface area contributed by atoms with Gasteiger partial charge in [0.05, 0.1) is 10.9 Å². The molecule has 1 saturated carbocycles. The van der Waals surface area contributed by atoms with Crippen molar-refractivity contribution < 1.29 is 20.5 Å². The summed E-state index contributed by atoms with van der Waals surface area (Å²) in [6.45, 7) is 3.83. The van der Waals surface area contributed by atoms with Crippen LogP contribution in [-0.2, 0) is 21.9 Å². The fourth-order valence-electron chi connectivity index (χ4n) is 4.18. The molecule has 0 bridgehead atoms. The zero-order valence-corrected chi connectivity index (χ0v) is 21.9. The minimum Gasteiger partial charge on any atom is -0.352 e. The van der Waals surface area contributed by atoms with Crippen molar-refractivity contribution in [3.8, 4) is 11.4 Å². The Kier molecular flexibility index (Phi) is 9.78. The number of hydrogen-bond donors (Lipinski definition) is 2. The molecule has 9 heteroatoms. The van der Waals surface area contributed by atoms with E-state index in [1.54, 1.807) is 24.3 Å². The zero-order valence-electron chi connectivity index (χ0n) is 21.1. The first-order valence-corrected chi connectivity index (χ1v) is 13.8. The van der Waals surface area contributed by atoms with Crippen LogP contribution in [0, 0.1) is 12.7 Å². The SMILES string of the molecule is C[C@@H](NC=O)c1ccc(F)cc1.Cc1cnc(-c2ccc(S(=O)(=O)NC3CCCCCC3)cc2)n1C.[HH].[HH]. The molecule has 36 heavy (non-hydrogen) atoms. The predicted octanol–water partition coefficient (Wildman–Crippen LogP) is 5.52. The van der Waals surface area contributed by atoms with Gasteiger partial charge in [0, 0.05) is 33.4 Å². The van der Waals surface area contributed by atoms with Gasteiger partial charge in [-0.2, -0.15) is 0 Å². The van der Waals surface area contributed by atoms with Crippen molar-refractivity contribution >= 4 is 16.4 Å². The smallest absolute Gasteiger partial charge is 0.240 e. The summed E-state index contributed by atoms with van der Waals surface area (Å²) in [5.41, 5.74) is 2.87. The highest BCUT2D eigenvalue weighted by molar-refractivity contribution is 7.89. The van der Waals surface area contributed by atoms with Crippen molar-refractivity contribution in [3.05, 3.63) is 71.8 Å². The monoisotopic (exact) mass is 518 g/mol. The lowest BCUT2D eigenvalue weighted by Crippen LogP contribution is -2.34. The fourth-order valence-corrected chi connectivity index (χ4v) is 5.49. The molecule has 0 aliphatic heterocycles. The molecule has 1 aliphatic rings. The standard InChI is InChI=1S/C18H25N3O2S.C9H10FNO.2H2/c1-14-13-19-18(21(14)2)15-9-11-17(12-10-15)24(22,23)20-16-7-5-3-4-6-8-16;1-7(11-6-12)8-2-4-9(10)5-3-8;;/h9-13,16,20H,3-8H2,1-2H3;2-7H,1H3,(H,11,12);2*1H/t;7-;;/m.1../s1. The Hall–Kier alpha value is -3.04. The highest BCUT2D eigenvalue weighted by Gasteiger charge is 2.21. The number of nitrogens with one attached hydrogen (secondary N) is 2. The number of carbonyl (C=O) groups excluding carboxylic acids is 1. The van der Waals surface area contributed by atoms with Gasteiger partial charge < -0.3 is 9.88 Å². The summed E-state index contributed by atoms with van der Waals surface area (Å²) in [5.74, 6) is 0.574. The number of halogens is 1. The lowest BCUT2D eigenvalue weighted by molar-refractivity contribution is -0.110. The number of carbonyl (C=O) groups is 1. The lowest BCUT2D eigenvalue weighted by Gasteiger charge is -2.16. The van der Waals surface area contributed by atoms with E-state index in [9.17, 15) is 17.6 Å². The van der Waals surface area contributed by atoms with E-state index in [1.807, 2.05) is 43.8 Å². The van der Waals surface area contributed by atoms with E-state index in [-0.39, 0.29) is 20.8 Å². The fraction of sp³-hybridized carbons (Fsp3) is 0.407. The van der Waals surface area contributed by atoms with Crippen molar-refractivity contribution in [1.29, 1.82) is 0 Å². The van der Waals surface area contributed by atoms with Crippen LogP contribution in [0.3, 0.4) is 0 Å². The maximum absolute atomic E-state index is 12.6. The van der Waals surface area contributed by atoms with Crippen LogP contribution in [-0.4, -0.2) is 30.4 Å². The molecule has 198 valence electrons. The van der Waals surface area contributed by atoms with Crippen LogP contribution in [0.5, 0.6) is 0 Å². The van der Waals surface area contributed by atoms with E-state index in [0.717, 1.165) is 48.3 Å². The average Bonchev–Trinajstić information content (AvgIpc) is 3.03. The predicted molar refractivity (Wildman–Crippen MR) is 143 cm³/mol. The van der Waals surface area contributed by atoms with Crippen molar-refractivity contribution in [2.24, 2.45) is 7.05 Å². The molecule has 2 aromatic carbocycles. The number of benzene rings is 2. The summed E-state index contributed by atoms with van der Waals surface area (Å²) < 4.78 is 42.5. The highest BCUT2D eigenvalue weighted by atomic mass is 32.2. The molecule has 0 unspecified atom stereocenters. The summed E-state index contributed by atoms with van der Waals surface area (Å²) >= 11 is 0. The van der Waals surface area contributed by atoms with Gasteiger partial charge >= 0.3 is 0 Å². The molecular formula is C27H39FN4O3S. The van der Waals surface area contributed by atoms with Crippen LogP contribution in [0.1, 0.15) is 65.6 Å². The second kappa shape index (κ2) is 12.8. The maximum atomic E-state index is 12.6. The Morgan fingerprint density at radius 1 is 1.06 bits per heavy atom. The van der Waals surface area contributed by atoms with Crippen LogP contribution in [0.4, 0.5) is 4.39 Å². The Balaban J connectivity index is 0.000000441. The molecule has 2 N–H and O–H groups in total. The summed E-state index contributed by atoms with van der Waals surface area (Å²) in [7, 11) is -1.50. The number of amides is 1. The van der Waals surface area contributed by atoms with Crippen LogP contribution >= 0.6 is 0 Å². The summed E-state index contributed by atoms with van der Waals surface area (Å²) in [6.07, 6.45) is 8.93. The summed E-state index contributed by atoms with van der Waals surface area (Å²) in [4.78, 5) is 14.8. The van der Waals surface area contributed by atoms with E-state index in [1.165, 1.54) is 25.0 Å². The third-order valence-corrected chi connectivity index (χ3v) is 8.04. The van der Waals surface area contributed by atoms with E-state index in [4.69, 9.17) is 0 Å². The molecule has 3 aromatic rings. The van der Waals surface area contributed by atoms with Gasteiger partial charge in [0.1, 0.15) is 11.6 Å². The number of hydrogen-bond acceptors (Lipinski definition) is 4. The molecule has 1 amide bonds. The second-order valence-corrected chi connectivity index (χ2v) is 10.9. The number of aryl methyl sites for hydroxylation is 1. The molecule has 1 fully saturated rings. The molecule has 1 atom stereocenters. The summed E-state index contributed by atoms with van der Waals surface area (Å²) in [6, 6.07) is 13.0. The highest BCUT2D eigenvalue weighted by Crippen LogP contribution is 2.23. The topological polar surface area (TPSA) is 93.1 Å². The number of sulfonamides is 1. The average molecular weight is 519 g/mol. The van der Waals surface area contributed by atoms with E-state index in [2.05, 4.69) is 15.0 Å². The van der Waals surface area contributed by atoms with Gasteiger partial charge in [-0.25, -0.2) is 22.5 Å². The minimum atomic E-state index is -3.46. The van der Waals surface area contributed by atoms with Gasteiger partial charge in [0.25, 0.3) is 0 Å². The van der Waals surface area contributed by atoms with Gasteiger partial charge in [-0.15, -0.1) is 0 Å². The van der Waals surface area contributed by atoms with Crippen molar-refractivity contribution in [3.63, 3.8) is 0 Å². The Labute approximate surface area is 216 Å². The number of rotatable bonds is 7. The van der Waals surface area contributed by atoms with E-state index in [0.29, 0.717) is 11.3 Å². The zero-order chi connectivity index (χ0) is 26.1. The Morgan fingerprint density at radius 3 is 2.19 bits per heavy atom. The maximum Gasteiger partial charge on any atom is 0.240 e. The molecular weight excluding hydrogens is 479 g/mol. The first kappa shape index (κ1) is 27.5. The van der Waals surface area contributed by atoms with Crippen molar-refractivity contribution in [1.82, 2.24) is 19.6 Å². The Morgan fingerprint density at radius 2 is 1.67 bits per heavy atom. The third kappa shape index (κ3) is 7.48. The first-order valence-electron chi connectivity index (χ1n) is 12.3. The van der Waals surface area contributed by atoms with Crippen LogP contribution in [0.15, 0.2) is 59.6 Å². The molecule has 4 rings (SSSR count). The lowest BCUT2D eigenvalue weighted by atomic mass is 10.1. The van der Waals surface area contributed by atoms with Crippen molar-refractivity contribution in [2.75, 3.05) is 0 Å². The number of imidazole rings is 1. The summed E-state index contributed by atoms with van der Waals surface area (Å²) in [5, 5.41) is 2.58. The molecule has 1 aliphatic carbocycles. The van der Waals surface area contributed by atoms with Crippen LogP contribution in [0.2, 0.25) is 0 Å². The van der Waals surface area contributed by atoms with Gasteiger partial charge in [-0.3, -0.25) is 4.79 Å². The molecule has 7 nitrogen and oxygen atoms in total. The molecule has 1 aromatic heterocycles. The normalized spacial score (nSPS) is 15.3. The molecule has 1 heterocycles. The third-order valence-electron chi connectivity index (χ3n) is 6.51. The van der Waals surface area contributed by atoms with Crippen LogP contribution in [0.25, 0.3) is 11.4 Å². The number of nitrogens with zero attached hydrogens (tertiary/aromatic N) is 2. The number of aromatic nitrogens is 2. The minimum absolute atomic E-state index is 0. The van der Waals surface area contributed by atoms with Crippen molar-refractivity contribution in [2.45, 2.75) is 69.4 Å². The Bertz CT molecular complexity index is 1230. The van der Waals surface area contributed by atoms with Crippen LogP contribution < -0.4 is 10.0 Å². The van der Waals surface area contributed by atoms with Gasteiger partial charge in [-0.05, 0) is 68.7 Å². The van der Waals surface area contributed by atoms with Gasteiger partial charge in [-0.1, -0.05) is 37.8 Å². The largest absolute Gasteiger partial charge is 0.352 e. The van der Waals surface area contributed by atoms with Gasteiger partial charge in [0.2, 0.25) is 16.4 Å². The van der Waals surface area contributed by atoms with E-state index < -0.39 is 10.0 Å². The van der Waals surface area contributed by atoms with Gasteiger partial charge in [0.15, 0.2) is 0 Å². The van der Waals surface area contributed by atoms with E-state index >= 15 is 0 Å². The first-order chi connectivity index (χ1) is 17.2.